The second-order valence-corrected chi connectivity index (χ2v) is 7.38. The minimum atomic E-state index is -0.173. The lowest BCUT2D eigenvalue weighted by molar-refractivity contribution is -0.116. The van der Waals surface area contributed by atoms with E-state index in [2.05, 4.69) is 10.4 Å². The van der Waals surface area contributed by atoms with Gasteiger partial charge in [-0.05, 0) is 55.8 Å². The molecule has 0 saturated heterocycles. The first-order valence-electron chi connectivity index (χ1n) is 10.1. The molecule has 0 fully saturated rings. The highest BCUT2D eigenvalue weighted by atomic mass is 16.5. The Labute approximate surface area is 179 Å². The predicted octanol–water partition coefficient (Wildman–Crippen LogP) is 3.84. The fourth-order valence-electron chi connectivity index (χ4n) is 3.74. The van der Waals surface area contributed by atoms with E-state index in [1.807, 2.05) is 44.2 Å². The van der Waals surface area contributed by atoms with Crippen molar-refractivity contribution >= 4 is 22.6 Å². The molecule has 0 bridgehead atoms. The molecule has 2 heterocycles. The van der Waals surface area contributed by atoms with E-state index < -0.39 is 0 Å². The van der Waals surface area contributed by atoms with Crippen molar-refractivity contribution in [2.45, 2.75) is 26.8 Å². The number of benzene rings is 2. The average Bonchev–Trinajstić information content (AvgIpc) is 3.12. The minimum absolute atomic E-state index is 0.153. The first-order valence-corrected chi connectivity index (χ1v) is 10.1. The summed E-state index contributed by atoms with van der Waals surface area (Å²) in [5.74, 6) is 0.546. The van der Waals surface area contributed by atoms with Gasteiger partial charge >= 0.3 is 0 Å². The summed E-state index contributed by atoms with van der Waals surface area (Å²) in [6.45, 7) is 4.09. The fourth-order valence-corrected chi connectivity index (χ4v) is 3.74. The number of aryl methyl sites for hydroxylation is 3. The molecule has 7 heteroatoms. The van der Waals surface area contributed by atoms with Crippen molar-refractivity contribution in [3.63, 3.8) is 0 Å². The molecule has 0 unspecified atom stereocenters. The molecule has 7 nitrogen and oxygen atoms in total. The van der Waals surface area contributed by atoms with Crippen LogP contribution >= 0.6 is 0 Å². The van der Waals surface area contributed by atoms with Crippen molar-refractivity contribution in [2.75, 3.05) is 12.4 Å². The Bertz CT molecular complexity index is 1290. The summed E-state index contributed by atoms with van der Waals surface area (Å²) in [5, 5.41) is 8.47. The lowest BCUT2D eigenvalue weighted by atomic mass is 10.1. The van der Waals surface area contributed by atoms with Gasteiger partial charge in [0.05, 0.1) is 18.5 Å². The van der Waals surface area contributed by atoms with Crippen molar-refractivity contribution in [1.29, 1.82) is 0 Å². The SMILES string of the molecule is COc1ccc(NC(=O)CCn2c(=O)cc(C)c3c(C)nn(-c4ccccc4)c32)cc1. The minimum Gasteiger partial charge on any atom is -0.497 e. The van der Waals surface area contributed by atoms with Crippen LogP contribution in [0.5, 0.6) is 5.75 Å². The first kappa shape index (κ1) is 20.4. The molecule has 31 heavy (non-hydrogen) atoms. The summed E-state index contributed by atoms with van der Waals surface area (Å²) in [7, 11) is 1.59. The van der Waals surface area contributed by atoms with Crippen LogP contribution in [0.3, 0.4) is 0 Å². The topological polar surface area (TPSA) is 78.2 Å². The Balaban J connectivity index is 1.65. The number of nitrogens with one attached hydrogen (secondary N) is 1. The zero-order chi connectivity index (χ0) is 22.0. The number of carbonyl (C=O) groups excluding carboxylic acids is 1. The molecule has 158 valence electrons. The number of aromatic nitrogens is 3. The lowest BCUT2D eigenvalue weighted by Crippen LogP contribution is -2.25. The number of para-hydroxylation sites is 1. The number of hydrogen-bond acceptors (Lipinski definition) is 4. The van der Waals surface area contributed by atoms with Gasteiger partial charge in [-0.1, -0.05) is 18.2 Å². The molecule has 0 aliphatic heterocycles. The van der Waals surface area contributed by atoms with Crippen LogP contribution in [0.1, 0.15) is 17.7 Å². The molecule has 0 aliphatic carbocycles. The summed E-state index contributed by atoms with van der Waals surface area (Å²) in [5.41, 5.74) is 3.80. The van der Waals surface area contributed by atoms with Crippen LogP contribution in [0.15, 0.2) is 65.5 Å². The zero-order valence-electron chi connectivity index (χ0n) is 17.8. The molecule has 4 aromatic rings. The molecular weight excluding hydrogens is 392 g/mol. The zero-order valence-corrected chi connectivity index (χ0v) is 17.8. The van der Waals surface area contributed by atoms with E-state index in [9.17, 15) is 9.59 Å². The number of fused-ring (bicyclic) bond motifs is 1. The quantitative estimate of drug-likeness (QED) is 0.518. The molecule has 4 rings (SSSR count). The van der Waals surface area contributed by atoms with E-state index in [4.69, 9.17) is 4.74 Å². The van der Waals surface area contributed by atoms with Gasteiger partial charge in [0, 0.05) is 30.1 Å². The maximum atomic E-state index is 12.9. The molecule has 0 atom stereocenters. The van der Waals surface area contributed by atoms with E-state index in [0.29, 0.717) is 11.3 Å². The van der Waals surface area contributed by atoms with Crippen LogP contribution in [-0.2, 0) is 11.3 Å². The number of ether oxygens (including phenoxy) is 1. The highest BCUT2D eigenvalue weighted by Gasteiger charge is 2.17. The van der Waals surface area contributed by atoms with Gasteiger partial charge < -0.3 is 10.1 Å². The maximum absolute atomic E-state index is 12.9. The molecule has 2 aromatic carbocycles. The first-order chi connectivity index (χ1) is 15.0. The highest BCUT2D eigenvalue weighted by molar-refractivity contribution is 5.91. The van der Waals surface area contributed by atoms with Gasteiger partial charge in [-0.25, -0.2) is 4.68 Å². The largest absolute Gasteiger partial charge is 0.497 e. The predicted molar refractivity (Wildman–Crippen MR) is 121 cm³/mol. The van der Waals surface area contributed by atoms with Gasteiger partial charge in [-0.2, -0.15) is 5.10 Å². The standard InChI is InChI=1S/C24H24N4O3/c1-16-15-22(30)27(14-13-21(29)25-18-9-11-20(31-3)12-10-18)24-23(16)17(2)26-28(24)19-7-5-4-6-8-19/h4-12,15H,13-14H2,1-3H3,(H,25,29). The van der Waals surface area contributed by atoms with E-state index in [1.165, 1.54) is 0 Å². The Morgan fingerprint density at radius 1 is 1.06 bits per heavy atom. The van der Waals surface area contributed by atoms with E-state index in [1.54, 1.807) is 46.7 Å². The molecule has 2 aromatic heterocycles. The van der Waals surface area contributed by atoms with Crippen LogP contribution in [0.4, 0.5) is 5.69 Å². The fraction of sp³-hybridized carbons (Fsp3) is 0.208. The number of anilines is 1. The number of pyridine rings is 1. The lowest BCUT2D eigenvalue weighted by Gasteiger charge is -2.12. The molecule has 0 spiro atoms. The summed E-state index contributed by atoms with van der Waals surface area (Å²) in [6.07, 6.45) is 0.156. The number of carbonyl (C=O) groups is 1. The van der Waals surface area contributed by atoms with Crippen LogP contribution < -0.4 is 15.6 Å². The van der Waals surface area contributed by atoms with E-state index >= 15 is 0 Å². The van der Waals surface area contributed by atoms with Crippen LogP contribution in [0.2, 0.25) is 0 Å². The van der Waals surface area contributed by atoms with Crippen molar-refractivity contribution in [1.82, 2.24) is 14.3 Å². The number of hydrogen-bond donors (Lipinski definition) is 1. The second-order valence-electron chi connectivity index (χ2n) is 7.38. The Morgan fingerprint density at radius 3 is 2.45 bits per heavy atom. The molecule has 0 radical (unpaired) electrons. The number of methoxy groups -OCH3 is 1. The number of rotatable bonds is 6. The molecule has 0 saturated carbocycles. The summed E-state index contributed by atoms with van der Waals surface area (Å²) in [4.78, 5) is 25.4. The number of nitrogens with zero attached hydrogens (tertiary/aromatic N) is 3. The van der Waals surface area contributed by atoms with Gasteiger partial charge in [-0.3, -0.25) is 14.2 Å². The normalized spacial score (nSPS) is 10.9. The van der Waals surface area contributed by atoms with E-state index in [0.717, 1.165) is 28.1 Å². The monoisotopic (exact) mass is 416 g/mol. The Hall–Kier alpha value is -3.87. The summed E-state index contributed by atoms with van der Waals surface area (Å²) < 4.78 is 8.54. The van der Waals surface area contributed by atoms with E-state index in [-0.39, 0.29) is 24.4 Å². The van der Waals surface area contributed by atoms with Gasteiger partial charge in [0.25, 0.3) is 5.56 Å². The molecule has 1 amide bonds. The highest BCUT2D eigenvalue weighted by Crippen LogP contribution is 2.24. The smallest absolute Gasteiger partial charge is 0.252 e. The Morgan fingerprint density at radius 2 is 1.77 bits per heavy atom. The summed E-state index contributed by atoms with van der Waals surface area (Å²) >= 11 is 0. The maximum Gasteiger partial charge on any atom is 0.252 e. The third-order valence-electron chi connectivity index (χ3n) is 5.23. The van der Waals surface area contributed by atoms with Crippen LogP contribution in [0, 0.1) is 13.8 Å². The molecule has 1 N–H and O–H groups in total. The van der Waals surface area contributed by atoms with Gasteiger partial charge in [-0.15, -0.1) is 0 Å². The van der Waals surface area contributed by atoms with Gasteiger partial charge in [0.15, 0.2) is 0 Å². The Kier molecular flexibility index (Phi) is 5.58. The van der Waals surface area contributed by atoms with Gasteiger partial charge in [0.2, 0.25) is 5.91 Å². The third-order valence-corrected chi connectivity index (χ3v) is 5.23. The van der Waals surface area contributed by atoms with Crippen molar-refractivity contribution in [2.24, 2.45) is 0 Å². The van der Waals surface area contributed by atoms with Gasteiger partial charge in [0.1, 0.15) is 11.4 Å². The van der Waals surface area contributed by atoms with Crippen molar-refractivity contribution in [3.8, 4) is 11.4 Å². The van der Waals surface area contributed by atoms with Crippen LogP contribution in [-0.4, -0.2) is 27.4 Å². The number of amides is 1. The van der Waals surface area contributed by atoms with Crippen molar-refractivity contribution in [3.05, 3.63) is 82.3 Å². The molecule has 0 aliphatic rings. The summed E-state index contributed by atoms with van der Waals surface area (Å²) in [6, 6.07) is 18.4. The molecular formula is C24H24N4O3. The second kappa shape index (κ2) is 8.47. The average molecular weight is 416 g/mol. The van der Waals surface area contributed by atoms with Crippen LogP contribution in [0.25, 0.3) is 16.7 Å². The van der Waals surface area contributed by atoms with Crippen molar-refractivity contribution < 1.29 is 9.53 Å². The third kappa shape index (κ3) is 4.07.